The maximum Gasteiger partial charge on any atom is 0.223 e. The van der Waals surface area contributed by atoms with Gasteiger partial charge in [-0.2, -0.15) is 0 Å². The number of likely N-dealkylation sites (tertiary alicyclic amines) is 1. The summed E-state index contributed by atoms with van der Waals surface area (Å²) in [6.45, 7) is 1.46. The van der Waals surface area contributed by atoms with Crippen LogP contribution in [0.5, 0.6) is 5.75 Å². The number of halogens is 1. The van der Waals surface area contributed by atoms with E-state index in [4.69, 9.17) is 16.3 Å². The van der Waals surface area contributed by atoms with Gasteiger partial charge < -0.3 is 9.64 Å². The third-order valence-electron chi connectivity index (χ3n) is 2.99. The highest BCUT2D eigenvalue weighted by Crippen LogP contribution is 2.18. The Kier molecular flexibility index (Phi) is 4.81. The summed E-state index contributed by atoms with van der Waals surface area (Å²) in [6.07, 6.45) is 5.84. The standard InChI is InChI=1S/C13H17ClN2O2/c14-6-3-13(17)16-9-1-2-12(10-16)18-11-4-7-15-8-5-11/h4-5,7-8,12H,1-3,6,9-10H2. The fraction of sp³-hybridized carbons (Fsp3) is 0.538. The lowest BCUT2D eigenvalue weighted by molar-refractivity contribution is -0.133. The fourth-order valence-corrected chi connectivity index (χ4v) is 2.27. The lowest BCUT2D eigenvalue weighted by Crippen LogP contribution is -2.44. The Morgan fingerprint density at radius 1 is 1.50 bits per heavy atom. The molecule has 2 heterocycles. The molecule has 1 aromatic heterocycles. The molecule has 0 saturated carbocycles. The smallest absolute Gasteiger partial charge is 0.223 e. The summed E-state index contributed by atoms with van der Waals surface area (Å²) in [4.78, 5) is 17.6. The van der Waals surface area contributed by atoms with Crippen molar-refractivity contribution in [1.29, 1.82) is 0 Å². The molecule has 0 bridgehead atoms. The molecule has 2 rings (SSSR count). The Morgan fingerprint density at radius 2 is 2.28 bits per heavy atom. The topological polar surface area (TPSA) is 42.4 Å². The van der Waals surface area contributed by atoms with Gasteiger partial charge in [0.1, 0.15) is 11.9 Å². The maximum atomic E-state index is 11.8. The third-order valence-corrected chi connectivity index (χ3v) is 3.18. The van der Waals surface area contributed by atoms with Gasteiger partial charge in [-0.3, -0.25) is 9.78 Å². The zero-order chi connectivity index (χ0) is 12.8. The van der Waals surface area contributed by atoms with Crippen LogP contribution in [0.15, 0.2) is 24.5 Å². The molecule has 1 unspecified atom stereocenters. The molecular formula is C13H17ClN2O2. The van der Waals surface area contributed by atoms with Crippen molar-refractivity contribution in [1.82, 2.24) is 9.88 Å². The molecule has 1 aliphatic heterocycles. The van der Waals surface area contributed by atoms with Gasteiger partial charge in [-0.25, -0.2) is 0 Å². The van der Waals surface area contributed by atoms with E-state index in [0.717, 1.165) is 25.1 Å². The predicted octanol–water partition coefficient (Wildman–Crippen LogP) is 2.08. The van der Waals surface area contributed by atoms with Crippen LogP contribution in [0.2, 0.25) is 0 Å². The van der Waals surface area contributed by atoms with Crippen LogP contribution >= 0.6 is 11.6 Å². The van der Waals surface area contributed by atoms with E-state index in [0.29, 0.717) is 18.8 Å². The average molecular weight is 269 g/mol. The SMILES string of the molecule is O=C(CCCl)N1CCCC(Oc2ccncc2)C1. The van der Waals surface area contributed by atoms with Crippen LogP contribution in [-0.4, -0.2) is 40.9 Å². The monoisotopic (exact) mass is 268 g/mol. The van der Waals surface area contributed by atoms with Crippen molar-refractivity contribution in [2.45, 2.75) is 25.4 Å². The largest absolute Gasteiger partial charge is 0.488 e. The highest BCUT2D eigenvalue weighted by atomic mass is 35.5. The fourth-order valence-electron chi connectivity index (χ4n) is 2.11. The molecule has 1 aromatic rings. The molecule has 0 aromatic carbocycles. The first kappa shape index (κ1) is 13.1. The van der Waals surface area contributed by atoms with Gasteiger partial charge >= 0.3 is 0 Å². The van der Waals surface area contributed by atoms with Crippen LogP contribution in [0.3, 0.4) is 0 Å². The maximum absolute atomic E-state index is 11.8. The van der Waals surface area contributed by atoms with Gasteiger partial charge in [0.2, 0.25) is 5.91 Å². The first-order valence-electron chi connectivity index (χ1n) is 6.20. The Bertz CT molecular complexity index is 386. The van der Waals surface area contributed by atoms with Crippen LogP contribution in [0.4, 0.5) is 0 Å². The van der Waals surface area contributed by atoms with Crippen molar-refractivity contribution in [2.24, 2.45) is 0 Å². The summed E-state index contributed by atoms with van der Waals surface area (Å²) in [5, 5.41) is 0. The van der Waals surface area contributed by atoms with E-state index in [9.17, 15) is 4.79 Å². The van der Waals surface area contributed by atoms with Crippen LogP contribution in [-0.2, 0) is 4.79 Å². The molecule has 1 saturated heterocycles. The molecule has 0 aliphatic carbocycles. The molecule has 18 heavy (non-hydrogen) atoms. The second kappa shape index (κ2) is 6.59. The second-order valence-corrected chi connectivity index (χ2v) is 4.72. The zero-order valence-electron chi connectivity index (χ0n) is 10.2. The van der Waals surface area contributed by atoms with Crippen molar-refractivity contribution >= 4 is 17.5 Å². The molecule has 0 spiro atoms. The van der Waals surface area contributed by atoms with E-state index >= 15 is 0 Å². The summed E-state index contributed by atoms with van der Waals surface area (Å²) in [5.74, 6) is 1.31. The molecule has 0 N–H and O–H groups in total. The van der Waals surface area contributed by atoms with E-state index in [1.54, 1.807) is 12.4 Å². The first-order chi connectivity index (χ1) is 8.79. The summed E-state index contributed by atoms with van der Waals surface area (Å²) in [7, 11) is 0. The van der Waals surface area contributed by atoms with E-state index in [1.165, 1.54) is 0 Å². The van der Waals surface area contributed by atoms with E-state index in [-0.39, 0.29) is 12.0 Å². The zero-order valence-corrected chi connectivity index (χ0v) is 11.0. The minimum Gasteiger partial charge on any atom is -0.488 e. The number of ether oxygens (including phenoxy) is 1. The molecule has 1 amide bonds. The lowest BCUT2D eigenvalue weighted by atomic mass is 10.1. The van der Waals surface area contributed by atoms with Crippen LogP contribution in [0.25, 0.3) is 0 Å². The molecule has 0 radical (unpaired) electrons. The number of amides is 1. The number of nitrogens with zero attached hydrogens (tertiary/aromatic N) is 2. The number of carbonyl (C=O) groups is 1. The van der Waals surface area contributed by atoms with Crippen molar-refractivity contribution in [3.63, 3.8) is 0 Å². The number of pyridine rings is 1. The van der Waals surface area contributed by atoms with E-state index in [1.807, 2.05) is 17.0 Å². The summed E-state index contributed by atoms with van der Waals surface area (Å²) >= 11 is 5.60. The Hall–Kier alpha value is -1.29. The number of hydrogen-bond donors (Lipinski definition) is 0. The van der Waals surface area contributed by atoms with Gasteiger partial charge in [0.25, 0.3) is 0 Å². The van der Waals surface area contributed by atoms with Crippen molar-refractivity contribution in [3.8, 4) is 5.75 Å². The third kappa shape index (κ3) is 3.60. The summed E-state index contributed by atoms with van der Waals surface area (Å²) < 4.78 is 5.85. The van der Waals surface area contributed by atoms with Crippen molar-refractivity contribution in [3.05, 3.63) is 24.5 Å². The van der Waals surface area contributed by atoms with Crippen LogP contribution in [0, 0.1) is 0 Å². The van der Waals surface area contributed by atoms with Crippen molar-refractivity contribution in [2.75, 3.05) is 19.0 Å². The van der Waals surface area contributed by atoms with E-state index in [2.05, 4.69) is 4.98 Å². The normalized spacial score (nSPS) is 19.6. The minimum absolute atomic E-state index is 0.0698. The number of alkyl halides is 1. The predicted molar refractivity (Wildman–Crippen MR) is 69.8 cm³/mol. The minimum atomic E-state index is 0.0698. The summed E-state index contributed by atoms with van der Waals surface area (Å²) in [6, 6.07) is 3.67. The average Bonchev–Trinajstić information content (AvgIpc) is 2.40. The first-order valence-corrected chi connectivity index (χ1v) is 6.73. The molecule has 1 fully saturated rings. The Morgan fingerprint density at radius 3 is 3.00 bits per heavy atom. The summed E-state index contributed by atoms with van der Waals surface area (Å²) in [5.41, 5.74) is 0. The molecular weight excluding hydrogens is 252 g/mol. The number of carbonyl (C=O) groups excluding carboxylic acids is 1. The van der Waals surface area contributed by atoms with Gasteiger partial charge in [0.15, 0.2) is 0 Å². The molecule has 1 atom stereocenters. The van der Waals surface area contributed by atoms with Gasteiger partial charge in [0, 0.05) is 31.2 Å². The number of rotatable bonds is 4. The molecule has 5 heteroatoms. The van der Waals surface area contributed by atoms with Crippen LogP contribution in [0.1, 0.15) is 19.3 Å². The van der Waals surface area contributed by atoms with E-state index < -0.39 is 0 Å². The lowest BCUT2D eigenvalue weighted by Gasteiger charge is -2.32. The van der Waals surface area contributed by atoms with Gasteiger partial charge in [-0.15, -0.1) is 11.6 Å². The molecule has 4 nitrogen and oxygen atoms in total. The molecule has 1 aliphatic rings. The Balaban J connectivity index is 1.89. The quantitative estimate of drug-likeness (QED) is 0.785. The number of piperidine rings is 1. The van der Waals surface area contributed by atoms with Gasteiger partial charge in [0.05, 0.1) is 6.54 Å². The highest BCUT2D eigenvalue weighted by Gasteiger charge is 2.24. The Labute approximate surface area is 112 Å². The number of aromatic nitrogens is 1. The van der Waals surface area contributed by atoms with Crippen LogP contribution < -0.4 is 4.74 Å². The van der Waals surface area contributed by atoms with Gasteiger partial charge in [-0.1, -0.05) is 0 Å². The van der Waals surface area contributed by atoms with Crippen molar-refractivity contribution < 1.29 is 9.53 Å². The van der Waals surface area contributed by atoms with Gasteiger partial charge in [-0.05, 0) is 25.0 Å². The highest BCUT2D eigenvalue weighted by molar-refractivity contribution is 6.18. The second-order valence-electron chi connectivity index (χ2n) is 4.34. The molecule has 98 valence electrons. The number of hydrogen-bond acceptors (Lipinski definition) is 3.